The van der Waals surface area contributed by atoms with E-state index >= 15 is 0 Å². The summed E-state index contributed by atoms with van der Waals surface area (Å²) in [5.41, 5.74) is 1.50. The standard InChI is InChI=1S/C19H26N4O3.HI/c1-19(2,25-4)13-22-18(20-3)21-12-14-7-9-15(10-8-14)23-17(24)16-6-5-11-26-16;/h5-11H,12-13H2,1-4H3,(H,23,24)(H2,20,21,22);1H. The highest BCUT2D eigenvalue weighted by molar-refractivity contribution is 14.0. The van der Waals surface area contributed by atoms with Crippen molar-refractivity contribution in [1.82, 2.24) is 10.6 Å². The van der Waals surface area contributed by atoms with Crippen molar-refractivity contribution >= 4 is 41.5 Å². The molecule has 3 N–H and O–H groups in total. The number of hydrogen-bond acceptors (Lipinski definition) is 4. The molecule has 0 saturated heterocycles. The van der Waals surface area contributed by atoms with Gasteiger partial charge in [0.25, 0.3) is 5.91 Å². The van der Waals surface area contributed by atoms with Crippen molar-refractivity contribution in [1.29, 1.82) is 0 Å². The van der Waals surface area contributed by atoms with Crippen LogP contribution in [0.4, 0.5) is 5.69 Å². The van der Waals surface area contributed by atoms with Crippen molar-refractivity contribution in [3.8, 4) is 0 Å². The first-order valence-electron chi connectivity index (χ1n) is 8.37. The zero-order chi connectivity index (χ0) is 19.0. The summed E-state index contributed by atoms with van der Waals surface area (Å²) in [6.45, 7) is 5.26. The summed E-state index contributed by atoms with van der Waals surface area (Å²) in [4.78, 5) is 16.1. The van der Waals surface area contributed by atoms with E-state index < -0.39 is 0 Å². The number of anilines is 1. The summed E-state index contributed by atoms with van der Waals surface area (Å²) in [6, 6.07) is 10.9. The maximum atomic E-state index is 11.9. The lowest BCUT2D eigenvalue weighted by Gasteiger charge is -2.24. The van der Waals surface area contributed by atoms with E-state index in [0.717, 1.165) is 5.56 Å². The molecule has 0 aliphatic rings. The molecular weight excluding hydrogens is 459 g/mol. The number of amides is 1. The number of nitrogens with zero attached hydrogens (tertiary/aromatic N) is 1. The molecular formula is C19H27IN4O3. The average molecular weight is 486 g/mol. The van der Waals surface area contributed by atoms with Gasteiger partial charge in [0.1, 0.15) is 0 Å². The Kier molecular flexibility index (Phi) is 9.30. The highest BCUT2D eigenvalue weighted by Gasteiger charge is 2.16. The van der Waals surface area contributed by atoms with Gasteiger partial charge < -0.3 is 25.1 Å². The zero-order valence-electron chi connectivity index (χ0n) is 16.0. The Morgan fingerprint density at radius 1 is 1.19 bits per heavy atom. The van der Waals surface area contributed by atoms with Gasteiger partial charge in [0, 0.05) is 32.9 Å². The minimum atomic E-state index is -0.272. The fourth-order valence-corrected chi connectivity index (χ4v) is 2.08. The summed E-state index contributed by atoms with van der Waals surface area (Å²) in [5.74, 6) is 0.709. The Morgan fingerprint density at radius 3 is 2.44 bits per heavy atom. The monoisotopic (exact) mass is 486 g/mol. The Labute approximate surface area is 177 Å². The predicted octanol–water partition coefficient (Wildman–Crippen LogP) is 3.24. The lowest BCUT2D eigenvalue weighted by atomic mass is 10.1. The fourth-order valence-electron chi connectivity index (χ4n) is 2.08. The van der Waals surface area contributed by atoms with E-state index in [1.807, 2.05) is 38.1 Å². The number of nitrogens with one attached hydrogen (secondary N) is 3. The van der Waals surface area contributed by atoms with Crippen LogP contribution in [0, 0.1) is 0 Å². The topological polar surface area (TPSA) is 87.9 Å². The van der Waals surface area contributed by atoms with Crippen molar-refractivity contribution < 1.29 is 13.9 Å². The largest absolute Gasteiger partial charge is 0.459 e. The molecule has 148 valence electrons. The molecule has 1 aromatic heterocycles. The number of rotatable bonds is 7. The van der Waals surface area contributed by atoms with Gasteiger partial charge in [-0.3, -0.25) is 9.79 Å². The van der Waals surface area contributed by atoms with Crippen LogP contribution in [-0.2, 0) is 11.3 Å². The third-order valence-electron chi connectivity index (χ3n) is 3.87. The molecule has 0 aliphatic heterocycles. The predicted molar refractivity (Wildman–Crippen MR) is 118 cm³/mol. The molecule has 8 heteroatoms. The average Bonchev–Trinajstić information content (AvgIpc) is 3.18. The summed E-state index contributed by atoms with van der Waals surface area (Å²) in [6.07, 6.45) is 1.47. The molecule has 2 aromatic rings. The Morgan fingerprint density at radius 2 is 1.89 bits per heavy atom. The van der Waals surface area contributed by atoms with E-state index in [4.69, 9.17) is 9.15 Å². The highest BCUT2D eigenvalue weighted by Crippen LogP contribution is 2.12. The molecule has 2 rings (SSSR count). The van der Waals surface area contributed by atoms with E-state index in [0.29, 0.717) is 24.7 Å². The Bertz CT molecular complexity index is 728. The summed E-state index contributed by atoms with van der Waals surface area (Å²) >= 11 is 0. The van der Waals surface area contributed by atoms with Crippen molar-refractivity contribution in [3.05, 3.63) is 54.0 Å². The molecule has 0 spiro atoms. The maximum Gasteiger partial charge on any atom is 0.291 e. The second-order valence-electron chi connectivity index (χ2n) is 6.37. The van der Waals surface area contributed by atoms with E-state index in [1.54, 1.807) is 26.3 Å². The van der Waals surface area contributed by atoms with Crippen LogP contribution in [0.15, 0.2) is 52.1 Å². The van der Waals surface area contributed by atoms with Gasteiger partial charge >= 0.3 is 0 Å². The molecule has 1 amide bonds. The van der Waals surface area contributed by atoms with Crippen LogP contribution in [-0.4, -0.2) is 38.2 Å². The van der Waals surface area contributed by atoms with Gasteiger partial charge in [0.05, 0.1) is 11.9 Å². The van der Waals surface area contributed by atoms with E-state index in [1.165, 1.54) is 6.26 Å². The summed E-state index contributed by atoms with van der Waals surface area (Å²) < 4.78 is 10.5. The Balaban J connectivity index is 0.00000364. The van der Waals surface area contributed by atoms with Crippen molar-refractivity contribution in [2.45, 2.75) is 26.0 Å². The van der Waals surface area contributed by atoms with Crippen LogP contribution in [0.5, 0.6) is 0 Å². The van der Waals surface area contributed by atoms with E-state index in [-0.39, 0.29) is 41.2 Å². The van der Waals surface area contributed by atoms with E-state index in [2.05, 4.69) is 20.9 Å². The first kappa shape index (κ1) is 23.0. The molecule has 0 saturated carbocycles. The number of ether oxygens (including phenoxy) is 1. The quantitative estimate of drug-likeness (QED) is 0.318. The number of carbonyl (C=O) groups excluding carboxylic acids is 1. The van der Waals surface area contributed by atoms with Crippen LogP contribution in [0.2, 0.25) is 0 Å². The molecule has 0 radical (unpaired) electrons. The lowest BCUT2D eigenvalue weighted by molar-refractivity contribution is 0.0268. The van der Waals surface area contributed by atoms with Crippen molar-refractivity contribution in [3.63, 3.8) is 0 Å². The molecule has 0 unspecified atom stereocenters. The molecule has 27 heavy (non-hydrogen) atoms. The van der Waals surface area contributed by atoms with Crippen LogP contribution >= 0.6 is 24.0 Å². The number of methoxy groups -OCH3 is 1. The number of aliphatic imine (C=N–C) groups is 1. The first-order valence-corrected chi connectivity index (χ1v) is 8.37. The van der Waals surface area contributed by atoms with Crippen molar-refractivity contribution in [2.75, 3.05) is 26.0 Å². The third kappa shape index (κ3) is 7.59. The summed E-state index contributed by atoms with van der Waals surface area (Å²) in [5, 5.41) is 9.26. The van der Waals surface area contributed by atoms with Crippen LogP contribution in [0.25, 0.3) is 0 Å². The molecule has 0 aliphatic carbocycles. The SMILES string of the molecule is CN=C(NCc1ccc(NC(=O)c2ccco2)cc1)NCC(C)(C)OC.I. The minimum Gasteiger partial charge on any atom is -0.459 e. The molecule has 1 aromatic carbocycles. The lowest BCUT2D eigenvalue weighted by Crippen LogP contribution is -2.45. The number of furan rings is 1. The Hall–Kier alpha value is -2.07. The van der Waals surface area contributed by atoms with Crippen molar-refractivity contribution in [2.24, 2.45) is 4.99 Å². The first-order chi connectivity index (χ1) is 12.4. The number of benzene rings is 1. The molecule has 7 nitrogen and oxygen atoms in total. The maximum absolute atomic E-state index is 11.9. The van der Waals surface area contributed by atoms with Crippen LogP contribution in [0.3, 0.4) is 0 Å². The number of halogens is 1. The number of guanidine groups is 1. The van der Waals surface area contributed by atoms with Gasteiger partial charge in [-0.25, -0.2) is 0 Å². The van der Waals surface area contributed by atoms with Gasteiger partial charge in [-0.1, -0.05) is 12.1 Å². The van der Waals surface area contributed by atoms with Crippen LogP contribution in [0.1, 0.15) is 30.0 Å². The number of carbonyl (C=O) groups is 1. The van der Waals surface area contributed by atoms with Gasteiger partial charge in [0.15, 0.2) is 11.7 Å². The highest BCUT2D eigenvalue weighted by atomic mass is 127. The molecule has 0 bridgehead atoms. The molecule has 0 atom stereocenters. The van der Waals surface area contributed by atoms with E-state index in [9.17, 15) is 4.79 Å². The number of hydrogen-bond donors (Lipinski definition) is 3. The van der Waals surface area contributed by atoms with Gasteiger partial charge in [-0.05, 0) is 43.7 Å². The second-order valence-corrected chi connectivity index (χ2v) is 6.37. The minimum absolute atomic E-state index is 0. The fraction of sp³-hybridized carbons (Fsp3) is 0.368. The zero-order valence-corrected chi connectivity index (χ0v) is 18.4. The third-order valence-corrected chi connectivity index (χ3v) is 3.87. The summed E-state index contributed by atoms with van der Waals surface area (Å²) in [7, 11) is 3.41. The van der Waals surface area contributed by atoms with Gasteiger partial charge in [-0.15, -0.1) is 24.0 Å². The molecule has 1 heterocycles. The van der Waals surface area contributed by atoms with Crippen LogP contribution < -0.4 is 16.0 Å². The van der Waals surface area contributed by atoms with Gasteiger partial charge in [0.2, 0.25) is 0 Å². The second kappa shape index (κ2) is 10.9. The smallest absolute Gasteiger partial charge is 0.291 e. The normalized spacial score (nSPS) is 11.5. The van der Waals surface area contributed by atoms with Gasteiger partial charge in [-0.2, -0.15) is 0 Å². The molecule has 0 fully saturated rings.